The van der Waals surface area contributed by atoms with Gasteiger partial charge in [0.2, 0.25) is 0 Å². The van der Waals surface area contributed by atoms with Crippen molar-refractivity contribution in [2.75, 3.05) is 19.7 Å². The quantitative estimate of drug-likeness (QED) is 0.823. The van der Waals surface area contributed by atoms with Crippen LogP contribution >= 0.6 is 0 Å². The van der Waals surface area contributed by atoms with Crippen LogP contribution in [0.3, 0.4) is 0 Å². The topological polar surface area (TPSA) is 21.3 Å². The Hall–Kier alpha value is -1.09. The van der Waals surface area contributed by atoms with E-state index in [1.807, 2.05) is 6.92 Å². The van der Waals surface area contributed by atoms with E-state index in [9.17, 15) is 4.39 Å². The van der Waals surface area contributed by atoms with E-state index in [-0.39, 0.29) is 11.2 Å². The van der Waals surface area contributed by atoms with Crippen LogP contribution in [0.25, 0.3) is 0 Å². The molecule has 0 aliphatic rings. The predicted molar refractivity (Wildman–Crippen MR) is 69.0 cm³/mol. The average molecular weight is 239 g/mol. The molecule has 1 aromatic carbocycles. The summed E-state index contributed by atoms with van der Waals surface area (Å²) in [5.41, 5.74) is 0.904. The van der Waals surface area contributed by atoms with Crippen molar-refractivity contribution in [2.45, 2.75) is 27.7 Å². The number of ether oxygens (including phenoxy) is 1. The maximum absolute atomic E-state index is 12.9. The first-order valence-corrected chi connectivity index (χ1v) is 6.04. The fraction of sp³-hybridized carbons (Fsp3) is 0.571. The molecule has 1 N–H and O–H groups in total. The van der Waals surface area contributed by atoms with Gasteiger partial charge in [0, 0.05) is 12.0 Å². The van der Waals surface area contributed by atoms with Crippen LogP contribution in [0, 0.1) is 18.2 Å². The lowest BCUT2D eigenvalue weighted by atomic mass is 9.95. The van der Waals surface area contributed by atoms with Gasteiger partial charge in [-0.25, -0.2) is 4.39 Å². The van der Waals surface area contributed by atoms with Crippen LogP contribution in [-0.2, 0) is 0 Å². The monoisotopic (exact) mass is 239 g/mol. The molecule has 0 bridgehead atoms. The highest BCUT2D eigenvalue weighted by Crippen LogP contribution is 2.22. The lowest BCUT2D eigenvalue weighted by molar-refractivity contribution is 0.176. The van der Waals surface area contributed by atoms with Crippen molar-refractivity contribution in [3.63, 3.8) is 0 Å². The molecule has 0 heterocycles. The Labute approximate surface area is 103 Å². The van der Waals surface area contributed by atoms with E-state index >= 15 is 0 Å². The highest BCUT2D eigenvalue weighted by molar-refractivity contribution is 5.32. The summed E-state index contributed by atoms with van der Waals surface area (Å²) < 4.78 is 18.7. The summed E-state index contributed by atoms with van der Waals surface area (Å²) in [7, 11) is 0. The Morgan fingerprint density at radius 2 is 2.06 bits per heavy atom. The fourth-order valence-electron chi connectivity index (χ4n) is 1.56. The van der Waals surface area contributed by atoms with Crippen LogP contribution in [0.4, 0.5) is 4.39 Å². The second-order valence-electron chi connectivity index (χ2n) is 5.14. The molecule has 0 fully saturated rings. The van der Waals surface area contributed by atoms with Gasteiger partial charge in [-0.3, -0.25) is 0 Å². The third-order valence-electron chi connectivity index (χ3n) is 2.61. The summed E-state index contributed by atoms with van der Waals surface area (Å²) in [4.78, 5) is 0. The molecule has 96 valence electrons. The van der Waals surface area contributed by atoms with Crippen molar-refractivity contribution in [3.8, 4) is 5.75 Å². The molecule has 0 atom stereocenters. The van der Waals surface area contributed by atoms with Crippen LogP contribution < -0.4 is 10.1 Å². The summed E-state index contributed by atoms with van der Waals surface area (Å²) in [6.45, 7) is 10.7. The summed E-state index contributed by atoms with van der Waals surface area (Å²) in [5.74, 6) is 0.540. The van der Waals surface area contributed by atoms with Gasteiger partial charge in [0.05, 0.1) is 6.61 Å². The Morgan fingerprint density at radius 1 is 1.35 bits per heavy atom. The summed E-state index contributed by atoms with van der Waals surface area (Å²) >= 11 is 0. The minimum atomic E-state index is -0.221. The molecule has 17 heavy (non-hydrogen) atoms. The van der Waals surface area contributed by atoms with Crippen molar-refractivity contribution in [1.29, 1.82) is 0 Å². The molecule has 2 nitrogen and oxygen atoms in total. The largest absolute Gasteiger partial charge is 0.493 e. The van der Waals surface area contributed by atoms with Gasteiger partial charge < -0.3 is 10.1 Å². The van der Waals surface area contributed by atoms with Crippen LogP contribution in [0.2, 0.25) is 0 Å². The molecule has 0 spiro atoms. The van der Waals surface area contributed by atoms with Gasteiger partial charge in [-0.1, -0.05) is 20.8 Å². The molecule has 0 unspecified atom stereocenters. The van der Waals surface area contributed by atoms with Crippen LogP contribution in [0.1, 0.15) is 26.3 Å². The van der Waals surface area contributed by atoms with Gasteiger partial charge in [-0.15, -0.1) is 0 Å². The minimum absolute atomic E-state index is 0.0663. The molecule has 1 rings (SSSR count). The minimum Gasteiger partial charge on any atom is -0.493 e. The van der Waals surface area contributed by atoms with Gasteiger partial charge in [-0.05, 0) is 37.2 Å². The van der Waals surface area contributed by atoms with Crippen LogP contribution in [0.5, 0.6) is 5.75 Å². The Bertz CT molecular complexity index is 363. The van der Waals surface area contributed by atoms with E-state index in [1.54, 1.807) is 6.07 Å². The number of benzene rings is 1. The number of hydrogen-bond donors (Lipinski definition) is 1. The highest BCUT2D eigenvalue weighted by Gasteiger charge is 2.18. The lowest BCUT2D eigenvalue weighted by Crippen LogP contribution is -2.34. The molecule has 1 aromatic rings. The van der Waals surface area contributed by atoms with E-state index in [2.05, 4.69) is 26.1 Å². The number of aryl methyl sites for hydroxylation is 1. The van der Waals surface area contributed by atoms with E-state index in [1.165, 1.54) is 12.1 Å². The van der Waals surface area contributed by atoms with Crippen molar-refractivity contribution in [3.05, 3.63) is 29.6 Å². The Kier molecular flexibility index (Phi) is 4.94. The van der Waals surface area contributed by atoms with Crippen molar-refractivity contribution in [1.82, 2.24) is 5.32 Å². The third kappa shape index (κ3) is 4.73. The SMILES string of the molecule is CCNCC(C)(C)COc1ccc(F)cc1C. The molecule has 0 aliphatic heterocycles. The molecule has 0 saturated heterocycles. The van der Waals surface area contributed by atoms with E-state index in [0.717, 1.165) is 24.4 Å². The van der Waals surface area contributed by atoms with E-state index in [0.29, 0.717) is 6.61 Å². The first-order valence-electron chi connectivity index (χ1n) is 6.04. The second kappa shape index (κ2) is 6.01. The van der Waals surface area contributed by atoms with E-state index in [4.69, 9.17) is 4.74 Å². The van der Waals surface area contributed by atoms with Crippen molar-refractivity contribution < 1.29 is 9.13 Å². The molecule has 0 aromatic heterocycles. The normalized spacial score (nSPS) is 11.6. The summed E-state index contributed by atoms with van der Waals surface area (Å²) in [6.07, 6.45) is 0. The summed E-state index contributed by atoms with van der Waals surface area (Å²) in [5, 5.41) is 3.31. The number of halogens is 1. The van der Waals surface area contributed by atoms with Crippen LogP contribution in [0.15, 0.2) is 18.2 Å². The second-order valence-corrected chi connectivity index (χ2v) is 5.14. The molecule has 0 amide bonds. The van der Waals surface area contributed by atoms with Gasteiger partial charge in [0.1, 0.15) is 11.6 Å². The van der Waals surface area contributed by atoms with E-state index < -0.39 is 0 Å². The zero-order valence-electron chi connectivity index (χ0n) is 11.1. The fourth-order valence-corrected chi connectivity index (χ4v) is 1.56. The first kappa shape index (κ1) is 14.0. The average Bonchev–Trinajstić information content (AvgIpc) is 2.25. The zero-order valence-corrected chi connectivity index (χ0v) is 11.1. The maximum Gasteiger partial charge on any atom is 0.123 e. The molecule has 0 saturated carbocycles. The van der Waals surface area contributed by atoms with Gasteiger partial charge in [-0.2, -0.15) is 0 Å². The number of hydrogen-bond acceptors (Lipinski definition) is 2. The van der Waals surface area contributed by atoms with Gasteiger partial charge in [0.25, 0.3) is 0 Å². The smallest absolute Gasteiger partial charge is 0.123 e. The third-order valence-corrected chi connectivity index (χ3v) is 2.61. The standard InChI is InChI=1S/C14H22FNO/c1-5-16-9-14(3,4)10-17-13-7-6-12(15)8-11(13)2/h6-8,16H,5,9-10H2,1-4H3. The number of nitrogens with one attached hydrogen (secondary N) is 1. The molecule has 0 aliphatic carbocycles. The zero-order chi connectivity index (χ0) is 12.9. The Balaban J connectivity index is 2.54. The molecule has 0 radical (unpaired) electrons. The van der Waals surface area contributed by atoms with Crippen LogP contribution in [-0.4, -0.2) is 19.7 Å². The molecule has 3 heteroatoms. The van der Waals surface area contributed by atoms with Gasteiger partial charge >= 0.3 is 0 Å². The molecular weight excluding hydrogens is 217 g/mol. The Morgan fingerprint density at radius 3 is 2.65 bits per heavy atom. The van der Waals surface area contributed by atoms with Crippen molar-refractivity contribution >= 4 is 0 Å². The predicted octanol–water partition coefficient (Wildman–Crippen LogP) is 3.15. The first-order chi connectivity index (χ1) is 7.94. The lowest BCUT2D eigenvalue weighted by Gasteiger charge is -2.25. The highest BCUT2D eigenvalue weighted by atomic mass is 19.1. The molecular formula is C14H22FNO. The summed E-state index contributed by atoms with van der Waals surface area (Å²) in [6, 6.07) is 4.61. The van der Waals surface area contributed by atoms with Crippen molar-refractivity contribution in [2.24, 2.45) is 5.41 Å². The number of rotatable bonds is 6. The maximum atomic E-state index is 12.9. The van der Waals surface area contributed by atoms with Gasteiger partial charge in [0.15, 0.2) is 0 Å².